The number of carbonyl (C=O) groups is 1. The van der Waals surface area contributed by atoms with Gasteiger partial charge in [-0.05, 0) is 12.1 Å². The minimum absolute atomic E-state index is 0.215. The number of nitrogens with zero attached hydrogens (tertiary/aromatic N) is 3. The minimum atomic E-state index is -0.753. The Morgan fingerprint density at radius 2 is 2.44 bits per heavy atom. The van der Waals surface area contributed by atoms with Gasteiger partial charge in [-0.3, -0.25) is 4.79 Å². The van der Waals surface area contributed by atoms with Gasteiger partial charge < -0.3 is 10.0 Å². The van der Waals surface area contributed by atoms with E-state index in [2.05, 4.69) is 9.88 Å². The van der Waals surface area contributed by atoms with Crippen LogP contribution in [0.3, 0.4) is 0 Å². The molecular formula is C11H11N3O2. The fraction of sp³-hybridized carbons (Fsp3) is 0.364. The third-order valence-electron chi connectivity index (χ3n) is 2.64. The molecule has 1 N–H and O–H groups in total. The summed E-state index contributed by atoms with van der Waals surface area (Å²) in [6, 6.07) is 5.53. The molecule has 5 heteroatoms. The fourth-order valence-corrected chi connectivity index (χ4v) is 1.83. The molecule has 82 valence electrons. The Morgan fingerprint density at radius 1 is 1.69 bits per heavy atom. The summed E-state index contributed by atoms with van der Waals surface area (Å²) in [7, 11) is 0. The summed E-state index contributed by atoms with van der Waals surface area (Å²) < 4.78 is 0. The monoisotopic (exact) mass is 217 g/mol. The lowest BCUT2D eigenvalue weighted by atomic mass is 9.96. The number of carboxylic acids is 1. The van der Waals surface area contributed by atoms with Gasteiger partial charge in [0.15, 0.2) is 0 Å². The van der Waals surface area contributed by atoms with Crippen LogP contribution in [0.2, 0.25) is 0 Å². The van der Waals surface area contributed by atoms with Crippen molar-refractivity contribution in [1.29, 1.82) is 5.26 Å². The second-order valence-corrected chi connectivity index (χ2v) is 3.88. The molecule has 0 aliphatic carbocycles. The number of carboxylic acid groups (broad SMARTS) is 1. The highest BCUT2D eigenvalue weighted by Crippen LogP contribution is 2.26. The molecule has 1 aromatic rings. The van der Waals surface area contributed by atoms with Gasteiger partial charge in [0.1, 0.15) is 11.8 Å². The molecule has 0 bridgehead atoms. The molecule has 0 radical (unpaired) electrons. The zero-order chi connectivity index (χ0) is 11.5. The first-order chi connectivity index (χ1) is 7.69. The van der Waals surface area contributed by atoms with E-state index >= 15 is 0 Å². The third-order valence-corrected chi connectivity index (χ3v) is 2.64. The first-order valence-electron chi connectivity index (χ1n) is 5.02. The zero-order valence-corrected chi connectivity index (χ0v) is 8.63. The maximum Gasteiger partial charge on any atom is 0.303 e. The van der Waals surface area contributed by atoms with Gasteiger partial charge >= 0.3 is 5.97 Å². The van der Waals surface area contributed by atoms with Gasteiger partial charge in [-0.2, -0.15) is 5.26 Å². The first kappa shape index (κ1) is 10.4. The number of aromatic nitrogens is 1. The molecule has 0 aromatic carbocycles. The van der Waals surface area contributed by atoms with E-state index in [4.69, 9.17) is 10.4 Å². The Kier molecular flexibility index (Phi) is 2.73. The normalized spacial score (nSPS) is 15.3. The van der Waals surface area contributed by atoms with Gasteiger partial charge in [0.25, 0.3) is 0 Å². The Hall–Kier alpha value is -2.09. The smallest absolute Gasteiger partial charge is 0.303 e. The number of anilines is 1. The lowest BCUT2D eigenvalue weighted by Crippen LogP contribution is -2.47. The summed E-state index contributed by atoms with van der Waals surface area (Å²) in [4.78, 5) is 16.4. The van der Waals surface area contributed by atoms with E-state index < -0.39 is 5.97 Å². The van der Waals surface area contributed by atoms with Crippen LogP contribution in [0.15, 0.2) is 18.3 Å². The van der Waals surface area contributed by atoms with E-state index in [0.717, 1.165) is 18.8 Å². The van der Waals surface area contributed by atoms with E-state index in [9.17, 15) is 4.79 Å². The second kappa shape index (κ2) is 4.19. The molecule has 5 nitrogen and oxygen atoms in total. The van der Waals surface area contributed by atoms with Crippen molar-refractivity contribution < 1.29 is 9.90 Å². The molecule has 16 heavy (non-hydrogen) atoms. The van der Waals surface area contributed by atoms with Crippen molar-refractivity contribution in [2.45, 2.75) is 6.42 Å². The van der Waals surface area contributed by atoms with Crippen molar-refractivity contribution >= 4 is 11.7 Å². The SMILES string of the molecule is N#Cc1cc(N2CC(CC(=O)O)C2)ccn1. The summed E-state index contributed by atoms with van der Waals surface area (Å²) in [5.74, 6) is -0.534. The van der Waals surface area contributed by atoms with Gasteiger partial charge in [-0.25, -0.2) is 4.98 Å². The number of rotatable bonds is 3. The summed E-state index contributed by atoms with van der Waals surface area (Å²) >= 11 is 0. The van der Waals surface area contributed by atoms with Crippen LogP contribution >= 0.6 is 0 Å². The molecule has 2 rings (SSSR count). The second-order valence-electron chi connectivity index (χ2n) is 3.88. The van der Waals surface area contributed by atoms with E-state index in [1.54, 1.807) is 12.3 Å². The molecule has 0 unspecified atom stereocenters. The topological polar surface area (TPSA) is 77.2 Å². The Balaban J connectivity index is 1.96. The standard InChI is InChI=1S/C11H11N3O2/c12-5-9-4-10(1-2-13-9)14-6-8(7-14)3-11(15)16/h1-2,4,8H,3,6-7H2,(H,15,16). The molecule has 1 aromatic heterocycles. The molecular weight excluding hydrogens is 206 g/mol. The Morgan fingerprint density at radius 3 is 3.06 bits per heavy atom. The molecule has 2 heterocycles. The largest absolute Gasteiger partial charge is 0.481 e. The number of hydrogen-bond acceptors (Lipinski definition) is 4. The van der Waals surface area contributed by atoms with Crippen molar-refractivity contribution in [3.05, 3.63) is 24.0 Å². The van der Waals surface area contributed by atoms with Gasteiger partial charge in [-0.15, -0.1) is 0 Å². The van der Waals surface area contributed by atoms with Crippen molar-refractivity contribution in [2.75, 3.05) is 18.0 Å². The number of nitriles is 1. The van der Waals surface area contributed by atoms with Gasteiger partial charge in [0.05, 0.1) is 6.42 Å². The van der Waals surface area contributed by atoms with Crippen LogP contribution < -0.4 is 4.90 Å². The van der Waals surface area contributed by atoms with E-state index in [1.165, 1.54) is 0 Å². The summed E-state index contributed by atoms with van der Waals surface area (Å²) in [6.07, 6.45) is 1.81. The van der Waals surface area contributed by atoms with Crippen LogP contribution in [-0.4, -0.2) is 29.1 Å². The average Bonchev–Trinajstić information content (AvgIpc) is 2.22. The molecule has 1 saturated heterocycles. The van der Waals surface area contributed by atoms with Crippen LogP contribution in [0.25, 0.3) is 0 Å². The number of hydrogen-bond donors (Lipinski definition) is 1. The highest BCUT2D eigenvalue weighted by molar-refractivity contribution is 5.68. The maximum atomic E-state index is 10.5. The number of pyridine rings is 1. The highest BCUT2D eigenvalue weighted by Gasteiger charge is 2.28. The van der Waals surface area contributed by atoms with E-state index in [0.29, 0.717) is 5.69 Å². The van der Waals surface area contributed by atoms with Crippen LogP contribution in [-0.2, 0) is 4.79 Å². The molecule has 0 spiro atoms. The van der Waals surface area contributed by atoms with Gasteiger partial charge in [0.2, 0.25) is 0 Å². The predicted octanol–water partition coefficient (Wildman–Crippen LogP) is 0.864. The van der Waals surface area contributed by atoms with Crippen molar-refractivity contribution in [1.82, 2.24) is 4.98 Å². The minimum Gasteiger partial charge on any atom is -0.481 e. The van der Waals surface area contributed by atoms with Crippen molar-refractivity contribution in [3.63, 3.8) is 0 Å². The average molecular weight is 217 g/mol. The van der Waals surface area contributed by atoms with Crippen LogP contribution in [0.4, 0.5) is 5.69 Å². The van der Waals surface area contributed by atoms with E-state index in [1.807, 2.05) is 12.1 Å². The van der Waals surface area contributed by atoms with Gasteiger partial charge in [0, 0.05) is 30.9 Å². The van der Waals surface area contributed by atoms with Gasteiger partial charge in [-0.1, -0.05) is 0 Å². The fourth-order valence-electron chi connectivity index (χ4n) is 1.83. The zero-order valence-electron chi connectivity index (χ0n) is 8.63. The lowest BCUT2D eigenvalue weighted by Gasteiger charge is -2.40. The third kappa shape index (κ3) is 2.11. The van der Waals surface area contributed by atoms with E-state index in [-0.39, 0.29) is 12.3 Å². The predicted molar refractivity (Wildman–Crippen MR) is 56.9 cm³/mol. The quantitative estimate of drug-likeness (QED) is 0.812. The maximum absolute atomic E-state index is 10.5. The van der Waals surface area contributed by atoms with Crippen molar-refractivity contribution in [3.8, 4) is 6.07 Å². The highest BCUT2D eigenvalue weighted by atomic mass is 16.4. The van der Waals surface area contributed by atoms with Crippen LogP contribution in [0.1, 0.15) is 12.1 Å². The molecule has 0 amide bonds. The summed E-state index contributed by atoms with van der Waals surface area (Å²) in [5, 5.41) is 17.3. The summed E-state index contributed by atoms with van der Waals surface area (Å²) in [5.41, 5.74) is 1.33. The Bertz CT molecular complexity index is 447. The molecule has 0 saturated carbocycles. The van der Waals surface area contributed by atoms with Crippen LogP contribution in [0, 0.1) is 17.2 Å². The molecule has 1 aliphatic rings. The lowest BCUT2D eigenvalue weighted by molar-refractivity contribution is -0.138. The molecule has 1 aliphatic heterocycles. The Labute approximate surface area is 92.9 Å². The molecule has 0 atom stereocenters. The first-order valence-corrected chi connectivity index (χ1v) is 5.02. The van der Waals surface area contributed by atoms with Crippen LogP contribution in [0.5, 0.6) is 0 Å². The molecule has 1 fully saturated rings. The van der Waals surface area contributed by atoms with Crippen molar-refractivity contribution in [2.24, 2.45) is 5.92 Å². The summed E-state index contributed by atoms with van der Waals surface area (Å²) in [6.45, 7) is 1.47. The number of aliphatic carboxylic acids is 1.